The molecule has 0 saturated heterocycles. The second-order valence-electron chi connectivity index (χ2n) is 4.37. The Morgan fingerprint density at radius 1 is 1.32 bits per heavy atom. The fraction of sp³-hybridized carbons (Fsp3) is 0.267. The first-order valence-corrected chi connectivity index (χ1v) is 6.59. The van der Waals surface area contributed by atoms with E-state index < -0.39 is 0 Å². The zero-order valence-corrected chi connectivity index (χ0v) is 11.8. The molecular formula is C15H17ClN2O. The number of rotatable bonds is 4. The van der Waals surface area contributed by atoms with E-state index in [0.29, 0.717) is 6.61 Å². The van der Waals surface area contributed by atoms with Crippen LogP contribution in [0.15, 0.2) is 36.7 Å². The van der Waals surface area contributed by atoms with Crippen molar-refractivity contribution in [2.75, 3.05) is 6.61 Å². The summed E-state index contributed by atoms with van der Waals surface area (Å²) in [5.41, 5.74) is 9.33. The predicted molar refractivity (Wildman–Crippen MR) is 77.6 cm³/mol. The van der Waals surface area contributed by atoms with Crippen molar-refractivity contribution in [2.45, 2.75) is 19.9 Å². The molecule has 0 spiro atoms. The average molecular weight is 277 g/mol. The van der Waals surface area contributed by atoms with Crippen LogP contribution < -0.4 is 10.5 Å². The topological polar surface area (TPSA) is 48.1 Å². The molecule has 0 aliphatic rings. The van der Waals surface area contributed by atoms with Crippen LogP contribution in [-0.2, 0) is 0 Å². The first-order valence-electron chi connectivity index (χ1n) is 6.21. The second kappa shape index (κ2) is 6.04. The van der Waals surface area contributed by atoms with Gasteiger partial charge in [0.15, 0.2) is 0 Å². The maximum absolute atomic E-state index is 6.29. The molecule has 0 bridgehead atoms. The summed E-state index contributed by atoms with van der Waals surface area (Å²) in [7, 11) is 0. The lowest BCUT2D eigenvalue weighted by molar-refractivity contribution is 0.338. The second-order valence-corrected chi connectivity index (χ2v) is 4.80. The highest BCUT2D eigenvalue weighted by molar-refractivity contribution is 6.30. The number of nitrogens with zero attached hydrogens (tertiary/aromatic N) is 1. The number of hydrogen-bond donors (Lipinski definition) is 1. The third kappa shape index (κ3) is 3.25. The Labute approximate surface area is 118 Å². The van der Waals surface area contributed by atoms with Crippen molar-refractivity contribution in [3.63, 3.8) is 0 Å². The van der Waals surface area contributed by atoms with Crippen molar-refractivity contribution in [1.82, 2.24) is 4.98 Å². The van der Waals surface area contributed by atoms with Crippen molar-refractivity contribution in [3.05, 3.63) is 58.4 Å². The Balaban J connectivity index is 2.32. The van der Waals surface area contributed by atoms with E-state index in [-0.39, 0.29) is 6.04 Å². The van der Waals surface area contributed by atoms with Crippen LogP contribution in [-0.4, -0.2) is 11.6 Å². The number of hydrogen-bond acceptors (Lipinski definition) is 3. The molecule has 0 amide bonds. The number of nitrogens with two attached hydrogens (primary N) is 1. The van der Waals surface area contributed by atoms with Crippen LogP contribution in [0.3, 0.4) is 0 Å². The first kappa shape index (κ1) is 13.8. The molecule has 2 rings (SSSR count). The number of halogens is 1. The summed E-state index contributed by atoms with van der Waals surface area (Å²) in [5, 5.41) is 0.717. The Bertz CT molecular complexity index is 572. The van der Waals surface area contributed by atoms with Crippen LogP contribution >= 0.6 is 11.6 Å². The zero-order chi connectivity index (χ0) is 13.8. The van der Waals surface area contributed by atoms with E-state index in [2.05, 4.69) is 4.98 Å². The summed E-state index contributed by atoms with van der Waals surface area (Å²) >= 11 is 5.96. The van der Waals surface area contributed by atoms with Gasteiger partial charge in [0.25, 0.3) is 0 Å². The van der Waals surface area contributed by atoms with Crippen LogP contribution in [0.1, 0.15) is 29.7 Å². The van der Waals surface area contributed by atoms with Crippen LogP contribution in [0.25, 0.3) is 0 Å². The molecule has 0 fully saturated rings. The van der Waals surface area contributed by atoms with Gasteiger partial charge in [0.2, 0.25) is 0 Å². The maximum Gasteiger partial charge on any atom is 0.137 e. The van der Waals surface area contributed by atoms with Crippen molar-refractivity contribution in [1.29, 1.82) is 0 Å². The van der Waals surface area contributed by atoms with Gasteiger partial charge in [-0.3, -0.25) is 4.98 Å². The van der Waals surface area contributed by atoms with Gasteiger partial charge in [-0.1, -0.05) is 17.7 Å². The normalized spacial score (nSPS) is 12.2. The minimum atomic E-state index is -0.231. The Kier molecular flexibility index (Phi) is 4.40. The van der Waals surface area contributed by atoms with Gasteiger partial charge in [0, 0.05) is 11.2 Å². The van der Waals surface area contributed by atoms with Crippen LogP contribution in [0.4, 0.5) is 0 Å². The van der Waals surface area contributed by atoms with E-state index in [1.165, 1.54) is 0 Å². The van der Waals surface area contributed by atoms with Crippen LogP contribution in [0.2, 0.25) is 5.02 Å². The highest BCUT2D eigenvalue weighted by Crippen LogP contribution is 2.26. The lowest BCUT2D eigenvalue weighted by Crippen LogP contribution is -2.13. The molecule has 1 atom stereocenters. The van der Waals surface area contributed by atoms with Crippen molar-refractivity contribution in [2.24, 2.45) is 5.73 Å². The molecule has 1 heterocycles. The number of aromatic nitrogens is 1. The third-order valence-electron chi connectivity index (χ3n) is 2.97. The summed E-state index contributed by atoms with van der Waals surface area (Å²) in [6, 6.07) is 7.41. The molecule has 19 heavy (non-hydrogen) atoms. The molecule has 4 heteroatoms. The van der Waals surface area contributed by atoms with E-state index in [4.69, 9.17) is 22.1 Å². The first-order chi connectivity index (χ1) is 9.11. The van der Waals surface area contributed by atoms with E-state index in [0.717, 1.165) is 27.5 Å². The lowest BCUT2D eigenvalue weighted by atomic mass is 9.97. The van der Waals surface area contributed by atoms with Gasteiger partial charge < -0.3 is 10.5 Å². The van der Waals surface area contributed by atoms with Gasteiger partial charge in [-0.15, -0.1) is 0 Å². The molecule has 1 aromatic carbocycles. The van der Waals surface area contributed by atoms with Gasteiger partial charge in [0.1, 0.15) is 5.75 Å². The highest BCUT2D eigenvalue weighted by atomic mass is 35.5. The zero-order valence-electron chi connectivity index (χ0n) is 11.1. The largest absolute Gasteiger partial charge is 0.492 e. The SMILES string of the molecule is CCOc1cncc(C(N)c2ccc(Cl)cc2C)c1. The van der Waals surface area contributed by atoms with Crippen molar-refractivity contribution >= 4 is 11.6 Å². The lowest BCUT2D eigenvalue weighted by Gasteiger charge is -2.16. The van der Waals surface area contributed by atoms with E-state index in [9.17, 15) is 0 Å². The monoisotopic (exact) mass is 276 g/mol. The third-order valence-corrected chi connectivity index (χ3v) is 3.21. The fourth-order valence-corrected chi connectivity index (χ4v) is 2.25. The molecule has 100 valence electrons. The molecule has 0 radical (unpaired) electrons. The van der Waals surface area contributed by atoms with Crippen LogP contribution in [0.5, 0.6) is 5.75 Å². The van der Waals surface area contributed by atoms with Gasteiger partial charge >= 0.3 is 0 Å². The minimum Gasteiger partial charge on any atom is -0.492 e. The number of ether oxygens (including phenoxy) is 1. The van der Waals surface area contributed by atoms with Crippen molar-refractivity contribution < 1.29 is 4.74 Å². The molecule has 2 N–H and O–H groups in total. The van der Waals surface area contributed by atoms with Gasteiger partial charge in [-0.25, -0.2) is 0 Å². The summed E-state index contributed by atoms with van der Waals surface area (Å²) in [5.74, 6) is 0.738. The molecule has 1 unspecified atom stereocenters. The van der Waals surface area contributed by atoms with Gasteiger partial charge in [-0.05, 0) is 48.7 Å². The standard InChI is InChI=1S/C15H17ClN2O/c1-3-19-13-7-11(8-18-9-13)15(17)14-5-4-12(16)6-10(14)2/h4-9,15H,3,17H2,1-2H3. The van der Waals surface area contributed by atoms with Gasteiger partial charge in [0.05, 0.1) is 18.8 Å². The van der Waals surface area contributed by atoms with E-state index >= 15 is 0 Å². The molecule has 0 aliphatic carbocycles. The Morgan fingerprint density at radius 3 is 2.79 bits per heavy atom. The Morgan fingerprint density at radius 2 is 2.11 bits per heavy atom. The fourth-order valence-electron chi connectivity index (χ4n) is 2.02. The van der Waals surface area contributed by atoms with E-state index in [1.54, 1.807) is 12.4 Å². The van der Waals surface area contributed by atoms with E-state index in [1.807, 2.05) is 38.1 Å². The Hall–Kier alpha value is -1.58. The molecule has 1 aromatic heterocycles. The van der Waals surface area contributed by atoms with Crippen LogP contribution in [0, 0.1) is 6.92 Å². The average Bonchev–Trinajstić information content (AvgIpc) is 2.39. The number of benzene rings is 1. The van der Waals surface area contributed by atoms with Gasteiger partial charge in [-0.2, -0.15) is 0 Å². The minimum absolute atomic E-state index is 0.231. The van der Waals surface area contributed by atoms with Crippen molar-refractivity contribution in [3.8, 4) is 5.75 Å². The maximum atomic E-state index is 6.29. The molecular weight excluding hydrogens is 260 g/mol. The molecule has 0 aliphatic heterocycles. The number of pyridine rings is 1. The molecule has 0 saturated carbocycles. The summed E-state index contributed by atoms with van der Waals surface area (Å²) < 4.78 is 5.44. The summed E-state index contributed by atoms with van der Waals surface area (Å²) in [4.78, 5) is 4.17. The molecule has 3 nitrogen and oxygen atoms in total. The predicted octanol–water partition coefficient (Wildman–Crippen LogP) is 3.49. The number of aryl methyl sites for hydroxylation is 1. The summed E-state index contributed by atoms with van der Waals surface area (Å²) in [6.45, 7) is 4.55. The summed E-state index contributed by atoms with van der Waals surface area (Å²) in [6.07, 6.45) is 3.45. The molecule has 2 aromatic rings. The quantitative estimate of drug-likeness (QED) is 0.930. The highest BCUT2D eigenvalue weighted by Gasteiger charge is 2.13. The smallest absolute Gasteiger partial charge is 0.137 e.